The minimum Gasteiger partial charge on any atom is -0.476 e. The summed E-state index contributed by atoms with van der Waals surface area (Å²) in [6.45, 7) is 1.70. The van der Waals surface area contributed by atoms with E-state index in [2.05, 4.69) is 9.97 Å². The highest BCUT2D eigenvalue weighted by molar-refractivity contribution is 6.31. The lowest BCUT2D eigenvalue weighted by atomic mass is 10.0. The number of esters is 1. The summed E-state index contributed by atoms with van der Waals surface area (Å²) in [5, 5.41) is 10.6. The molecule has 8 heteroatoms. The number of nitrogens with zero attached hydrogens (tertiary/aromatic N) is 2. The fraction of sp³-hybridized carbons (Fsp3) is 0.100. The number of hydrogen-bond acceptors (Lipinski definition) is 5. The average molecular weight is 417 g/mol. The van der Waals surface area contributed by atoms with Gasteiger partial charge in [-0.1, -0.05) is 47.5 Å². The first-order valence-electron chi connectivity index (χ1n) is 8.25. The largest absolute Gasteiger partial charge is 0.476 e. The molecule has 0 bridgehead atoms. The zero-order chi connectivity index (χ0) is 20.3. The Morgan fingerprint density at radius 3 is 1.68 bits per heavy atom. The zero-order valence-corrected chi connectivity index (χ0v) is 16.2. The van der Waals surface area contributed by atoms with Crippen LogP contribution in [0.3, 0.4) is 0 Å². The number of ether oxygens (including phenoxy) is 1. The molecule has 0 spiro atoms. The third-order valence-corrected chi connectivity index (χ3v) is 4.31. The Hall–Kier alpha value is -2.96. The Kier molecular flexibility index (Phi) is 5.92. The molecular formula is C20H14Cl2N2O4. The van der Waals surface area contributed by atoms with Crippen molar-refractivity contribution in [2.24, 2.45) is 0 Å². The third kappa shape index (κ3) is 4.13. The van der Waals surface area contributed by atoms with E-state index >= 15 is 0 Å². The van der Waals surface area contributed by atoms with E-state index in [9.17, 15) is 14.7 Å². The van der Waals surface area contributed by atoms with Gasteiger partial charge in [0.1, 0.15) is 0 Å². The molecule has 1 aromatic heterocycles. The van der Waals surface area contributed by atoms with Gasteiger partial charge in [-0.3, -0.25) is 0 Å². The van der Waals surface area contributed by atoms with E-state index in [1.807, 2.05) is 0 Å². The van der Waals surface area contributed by atoms with E-state index in [4.69, 9.17) is 27.9 Å². The van der Waals surface area contributed by atoms with Gasteiger partial charge in [0.25, 0.3) is 0 Å². The van der Waals surface area contributed by atoms with Crippen molar-refractivity contribution in [2.45, 2.75) is 6.92 Å². The number of carboxylic acids is 1. The first kappa shape index (κ1) is 19.8. The molecule has 0 aliphatic heterocycles. The van der Waals surface area contributed by atoms with Crippen molar-refractivity contribution in [1.82, 2.24) is 9.97 Å². The molecule has 0 unspecified atom stereocenters. The predicted octanol–water partition coefficient (Wildman–Crippen LogP) is 4.99. The second kappa shape index (κ2) is 8.37. The molecule has 6 nitrogen and oxygen atoms in total. The second-order valence-electron chi connectivity index (χ2n) is 5.66. The Morgan fingerprint density at radius 1 is 0.857 bits per heavy atom. The Bertz CT molecular complexity index is 1040. The molecular weight excluding hydrogens is 403 g/mol. The number of halogens is 2. The quantitative estimate of drug-likeness (QED) is 0.589. The van der Waals surface area contributed by atoms with Crippen LogP contribution in [0.2, 0.25) is 10.0 Å². The van der Waals surface area contributed by atoms with E-state index in [-0.39, 0.29) is 12.3 Å². The van der Waals surface area contributed by atoms with Crippen molar-refractivity contribution in [3.8, 4) is 22.5 Å². The topological polar surface area (TPSA) is 89.4 Å². The van der Waals surface area contributed by atoms with Gasteiger partial charge in [0, 0.05) is 21.2 Å². The number of carbonyl (C=O) groups excluding carboxylic acids is 1. The van der Waals surface area contributed by atoms with Crippen LogP contribution >= 0.6 is 23.2 Å². The second-order valence-corrected chi connectivity index (χ2v) is 6.53. The number of rotatable bonds is 5. The van der Waals surface area contributed by atoms with Crippen molar-refractivity contribution in [3.05, 3.63) is 70.0 Å². The molecule has 2 aromatic carbocycles. The summed E-state index contributed by atoms with van der Waals surface area (Å²) >= 11 is 11.9. The molecule has 0 radical (unpaired) electrons. The van der Waals surface area contributed by atoms with E-state index in [1.54, 1.807) is 55.5 Å². The maximum Gasteiger partial charge on any atom is 0.359 e. The maximum atomic E-state index is 12.3. The van der Waals surface area contributed by atoms with Crippen molar-refractivity contribution < 1.29 is 19.4 Å². The zero-order valence-electron chi connectivity index (χ0n) is 14.6. The van der Waals surface area contributed by atoms with Gasteiger partial charge in [-0.2, -0.15) is 0 Å². The van der Waals surface area contributed by atoms with Crippen LogP contribution in [-0.4, -0.2) is 33.6 Å². The molecule has 0 fully saturated rings. The third-order valence-electron chi connectivity index (χ3n) is 3.80. The van der Waals surface area contributed by atoms with Crippen LogP contribution in [0.25, 0.3) is 22.5 Å². The fourth-order valence-corrected chi connectivity index (χ4v) is 2.80. The highest BCUT2D eigenvalue weighted by Gasteiger charge is 2.26. The molecule has 0 aliphatic carbocycles. The smallest absolute Gasteiger partial charge is 0.359 e. The SMILES string of the molecule is CCOC(=O)c1nc(-c2ccc(Cl)cc2)c(-c2ccc(Cl)cc2)nc1C(=O)O. The van der Waals surface area contributed by atoms with E-state index in [0.29, 0.717) is 32.6 Å². The highest BCUT2D eigenvalue weighted by Crippen LogP contribution is 2.31. The van der Waals surface area contributed by atoms with Crippen LogP contribution in [-0.2, 0) is 4.74 Å². The Labute approximate surface area is 170 Å². The van der Waals surface area contributed by atoms with Crippen molar-refractivity contribution >= 4 is 35.1 Å². The van der Waals surface area contributed by atoms with Gasteiger partial charge in [-0.25, -0.2) is 19.6 Å². The molecule has 0 atom stereocenters. The number of benzene rings is 2. The monoisotopic (exact) mass is 416 g/mol. The van der Waals surface area contributed by atoms with Crippen LogP contribution in [0.4, 0.5) is 0 Å². The minimum absolute atomic E-state index is 0.0782. The summed E-state index contributed by atoms with van der Waals surface area (Å²) in [4.78, 5) is 32.5. The van der Waals surface area contributed by atoms with Crippen LogP contribution in [0.5, 0.6) is 0 Å². The number of carbonyl (C=O) groups is 2. The lowest BCUT2D eigenvalue weighted by molar-refractivity contribution is 0.0505. The molecule has 142 valence electrons. The van der Waals surface area contributed by atoms with Crippen LogP contribution in [0, 0.1) is 0 Å². The number of aromatic carboxylic acids is 1. The predicted molar refractivity (Wildman–Crippen MR) is 106 cm³/mol. The molecule has 1 N–H and O–H groups in total. The lowest BCUT2D eigenvalue weighted by Gasteiger charge is -2.13. The van der Waals surface area contributed by atoms with Gasteiger partial charge in [0.05, 0.1) is 18.0 Å². The van der Waals surface area contributed by atoms with Gasteiger partial charge in [-0.05, 0) is 31.2 Å². The van der Waals surface area contributed by atoms with Gasteiger partial charge in [0.2, 0.25) is 0 Å². The van der Waals surface area contributed by atoms with Gasteiger partial charge in [-0.15, -0.1) is 0 Å². The van der Waals surface area contributed by atoms with Crippen LogP contribution in [0.1, 0.15) is 27.9 Å². The summed E-state index contributed by atoms with van der Waals surface area (Å²) in [5.74, 6) is -2.24. The molecule has 3 aromatic rings. The highest BCUT2D eigenvalue weighted by atomic mass is 35.5. The first-order chi connectivity index (χ1) is 13.4. The normalized spacial score (nSPS) is 10.5. The molecule has 0 saturated carbocycles. The summed E-state index contributed by atoms with van der Waals surface area (Å²) in [6.07, 6.45) is 0. The molecule has 1 heterocycles. The molecule has 0 amide bonds. The molecule has 3 rings (SSSR count). The fourth-order valence-electron chi connectivity index (χ4n) is 2.54. The van der Waals surface area contributed by atoms with Crippen LogP contribution < -0.4 is 0 Å². The van der Waals surface area contributed by atoms with Crippen molar-refractivity contribution in [3.63, 3.8) is 0 Å². The summed E-state index contributed by atoms with van der Waals surface area (Å²) < 4.78 is 4.95. The van der Waals surface area contributed by atoms with Crippen molar-refractivity contribution in [2.75, 3.05) is 6.61 Å². The average Bonchev–Trinajstić information content (AvgIpc) is 2.68. The molecule has 28 heavy (non-hydrogen) atoms. The summed E-state index contributed by atoms with van der Waals surface area (Å²) in [7, 11) is 0. The van der Waals surface area contributed by atoms with Crippen LogP contribution in [0.15, 0.2) is 48.5 Å². The maximum absolute atomic E-state index is 12.3. The number of hydrogen-bond donors (Lipinski definition) is 1. The van der Waals surface area contributed by atoms with E-state index < -0.39 is 17.6 Å². The summed E-state index contributed by atoms with van der Waals surface area (Å²) in [5.41, 5.74) is 0.985. The Morgan fingerprint density at radius 2 is 1.29 bits per heavy atom. The number of aromatic nitrogens is 2. The van der Waals surface area contributed by atoms with Gasteiger partial charge < -0.3 is 9.84 Å². The van der Waals surface area contributed by atoms with E-state index in [0.717, 1.165) is 0 Å². The Balaban J connectivity index is 2.30. The van der Waals surface area contributed by atoms with Crippen molar-refractivity contribution in [1.29, 1.82) is 0 Å². The molecule has 0 saturated heterocycles. The van der Waals surface area contributed by atoms with E-state index in [1.165, 1.54) is 0 Å². The van der Waals surface area contributed by atoms with Gasteiger partial charge in [0.15, 0.2) is 11.4 Å². The summed E-state index contributed by atoms with van der Waals surface area (Å²) in [6, 6.07) is 13.5. The minimum atomic E-state index is -1.38. The lowest BCUT2D eigenvalue weighted by Crippen LogP contribution is -2.17. The van der Waals surface area contributed by atoms with Gasteiger partial charge >= 0.3 is 11.9 Å². The standard InChI is InChI=1S/C20H14Cl2N2O4/c1-2-28-20(27)18-17(19(25)26)23-15(11-3-7-13(21)8-4-11)16(24-18)12-5-9-14(22)10-6-12/h3-10H,2H2,1H3,(H,25,26). The first-order valence-corrected chi connectivity index (χ1v) is 9.00. The molecule has 0 aliphatic rings. The number of carboxylic acid groups (broad SMARTS) is 1.